The highest BCUT2D eigenvalue weighted by atomic mass is 16.5. The molecule has 0 radical (unpaired) electrons. The Morgan fingerprint density at radius 1 is 1.36 bits per heavy atom. The zero-order valence-corrected chi connectivity index (χ0v) is 15.1. The Balaban J connectivity index is 1.75. The topological polar surface area (TPSA) is 42.4 Å². The predicted octanol–water partition coefficient (Wildman–Crippen LogP) is 4.91. The highest BCUT2D eigenvalue weighted by Gasteiger charge is 2.51. The van der Waals surface area contributed by atoms with Crippen LogP contribution in [0.5, 0.6) is 5.75 Å². The third kappa shape index (κ3) is 2.56. The highest BCUT2D eigenvalue weighted by Crippen LogP contribution is 2.60. The summed E-state index contributed by atoms with van der Waals surface area (Å²) < 4.78 is 5.39. The zero-order chi connectivity index (χ0) is 17.6. The molecule has 132 valence electrons. The lowest BCUT2D eigenvalue weighted by Crippen LogP contribution is -2.47. The fourth-order valence-corrected chi connectivity index (χ4v) is 5.34. The summed E-state index contributed by atoms with van der Waals surface area (Å²) in [5.74, 6) is 2.62. The van der Waals surface area contributed by atoms with E-state index in [1.165, 1.54) is 12.8 Å². The average Bonchev–Trinajstić information content (AvgIpc) is 2.66. The van der Waals surface area contributed by atoms with Gasteiger partial charge in [0.25, 0.3) is 0 Å². The lowest BCUT2D eigenvalue weighted by Gasteiger charge is -2.55. The van der Waals surface area contributed by atoms with E-state index in [-0.39, 0.29) is 5.41 Å². The van der Waals surface area contributed by atoms with Gasteiger partial charge in [0.1, 0.15) is 5.75 Å². The Morgan fingerprint density at radius 3 is 2.88 bits per heavy atom. The molecule has 0 saturated heterocycles. The lowest BCUT2D eigenvalue weighted by molar-refractivity contribution is -0.0954. The molecule has 0 spiro atoms. The normalized spacial score (nSPS) is 32.5. The number of nitrogens with zero attached hydrogens (tertiary/aromatic N) is 1. The molecule has 3 saturated carbocycles. The first-order chi connectivity index (χ1) is 12.1. The second-order valence-electron chi connectivity index (χ2n) is 8.07. The van der Waals surface area contributed by atoms with Crippen LogP contribution >= 0.6 is 0 Å². The third-order valence-corrected chi connectivity index (χ3v) is 6.89. The molecule has 3 aliphatic rings. The van der Waals surface area contributed by atoms with Crippen molar-refractivity contribution in [3.05, 3.63) is 48.7 Å². The fourth-order valence-electron chi connectivity index (χ4n) is 5.34. The average molecular weight is 337 g/mol. The van der Waals surface area contributed by atoms with Crippen molar-refractivity contribution >= 4 is 10.9 Å². The van der Waals surface area contributed by atoms with E-state index in [2.05, 4.69) is 24.6 Å². The highest BCUT2D eigenvalue weighted by molar-refractivity contribution is 5.84. The van der Waals surface area contributed by atoms with Crippen LogP contribution in [0.3, 0.4) is 0 Å². The quantitative estimate of drug-likeness (QED) is 0.807. The number of methoxy groups -OCH3 is 1. The van der Waals surface area contributed by atoms with Gasteiger partial charge < -0.3 is 9.84 Å². The summed E-state index contributed by atoms with van der Waals surface area (Å²) in [6, 6.07) is 7.86. The van der Waals surface area contributed by atoms with Crippen LogP contribution in [-0.4, -0.2) is 17.2 Å². The van der Waals surface area contributed by atoms with E-state index in [9.17, 15) is 5.11 Å². The number of fused-ring (bicyclic) bond motifs is 4. The second-order valence-corrected chi connectivity index (χ2v) is 8.07. The van der Waals surface area contributed by atoms with E-state index >= 15 is 0 Å². The monoisotopic (exact) mass is 337 g/mol. The lowest BCUT2D eigenvalue weighted by atomic mass is 9.51. The molecule has 3 nitrogen and oxygen atoms in total. The van der Waals surface area contributed by atoms with Gasteiger partial charge in [-0.3, -0.25) is 4.98 Å². The Hall–Kier alpha value is -1.87. The predicted molar refractivity (Wildman–Crippen MR) is 100 cm³/mol. The summed E-state index contributed by atoms with van der Waals surface area (Å²) >= 11 is 0. The zero-order valence-electron chi connectivity index (χ0n) is 15.1. The number of allylic oxidation sites excluding steroid dienone is 1. The van der Waals surface area contributed by atoms with Gasteiger partial charge in [-0.05, 0) is 73.3 Å². The molecular formula is C22H27NO2. The molecule has 1 heterocycles. The Labute approximate surface area is 149 Å². The van der Waals surface area contributed by atoms with Crippen LogP contribution in [-0.2, 0) is 0 Å². The third-order valence-electron chi connectivity index (χ3n) is 6.89. The van der Waals surface area contributed by atoms with Gasteiger partial charge in [-0.25, -0.2) is 0 Å². The number of aliphatic hydroxyl groups excluding tert-OH is 1. The van der Waals surface area contributed by atoms with Gasteiger partial charge in [0.2, 0.25) is 0 Å². The molecule has 25 heavy (non-hydrogen) atoms. The van der Waals surface area contributed by atoms with Gasteiger partial charge in [0.15, 0.2) is 0 Å². The largest absolute Gasteiger partial charge is 0.497 e. The Kier molecular flexibility index (Phi) is 4.07. The minimum atomic E-state index is -0.483. The number of pyridine rings is 1. The van der Waals surface area contributed by atoms with Gasteiger partial charge in [0, 0.05) is 17.0 Å². The van der Waals surface area contributed by atoms with Crippen LogP contribution < -0.4 is 4.74 Å². The molecule has 5 rings (SSSR count). The van der Waals surface area contributed by atoms with Gasteiger partial charge in [-0.1, -0.05) is 13.0 Å². The summed E-state index contributed by atoms with van der Waals surface area (Å²) in [5.41, 5.74) is 1.81. The maximum atomic E-state index is 11.5. The number of hydrogen-bond donors (Lipinski definition) is 1. The number of hydrogen-bond acceptors (Lipinski definition) is 3. The fraction of sp³-hybridized carbons (Fsp3) is 0.500. The summed E-state index contributed by atoms with van der Waals surface area (Å²) in [4.78, 5) is 4.46. The summed E-state index contributed by atoms with van der Waals surface area (Å²) in [7, 11) is 1.67. The molecule has 3 heteroatoms. The summed E-state index contributed by atoms with van der Waals surface area (Å²) in [6.07, 6.45) is 8.18. The summed E-state index contributed by atoms with van der Waals surface area (Å²) in [6.45, 7) is 6.31. The van der Waals surface area contributed by atoms with Crippen LogP contribution in [0.2, 0.25) is 0 Å². The molecule has 1 N–H and O–H groups in total. The van der Waals surface area contributed by atoms with Gasteiger partial charge in [-0.2, -0.15) is 0 Å². The molecule has 0 aliphatic heterocycles. The van der Waals surface area contributed by atoms with E-state index in [1.807, 2.05) is 30.5 Å². The van der Waals surface area contributed by atoms with E-state index in [0.717, 1.165) is 35.1 Å². The number of benzene rings is 1. The molecule has 3 aliphatic carbocycles. The molecular weight excluding hydrogens is 310 g/mol. The van der Waals surface area contributed by atoms with Crippen molar-refractivity contribution < 1.29 is 9.84 Å². The van der Waals surface area contributed by atoms with Crippen molar-refractivity contribution in [2.45, 2.75) is 38.7 Å². The number of aromatic nitrogens is 1. The van der Waals surface area contributed by atoms with Gasteiger partial charge in [-0.15, -0.1) is 6.58 Å². The van der Waals surface area contributed by atoms with Crippen molar-refractivity contribution in [1.82, 2.24) is 4.98 Å². The maximum absolute atomic E-state index is 11.5. The van der Waals surface area contributed by atoms with Crippen molar-refractivity contribution in [2.75, 3.05) is 7.11 Å². The van der Waals surface area contributed by atoms with Crippen molar-refractivity contribution in [3.63, 3.8) is 0 Å². The molecule has 0 unspecified atom stereocenters. The van der Waals surface area contributed by atoms with Crippen molar-refractivity contribution in [1.29, 1.82) is 0 Å². The summed E-state index contributed by atoms with van der Waals surface area (Å²) in [5, 5.41) is 12.5. The standard InChI is InChI=1S/C22H27NO2/c1-4-14-11-16-6-5-15(14)13-22(16,2)21(24)18-9-10-23-20-8-7-17(25-3)12-19(18)20/h4,7-10,12,14-16,21,24H,1,5-6,11,13H2,2-3H3/t14-,15-,16-,21+,22+/m0/s1. The van der Waals surface area contributed by atoms with E-state index in [0.29, 0.717) is 17.8 Å². The minimum absolute atomic E-state index is 0.0835. The van der Waals surface area contributed by atoms with Crippen LogP contribution in [0.1, 0.15) is 44.3 Å². The van der Waals surface area contributed by atoms with Crippen LogP contribution in [0.4, 0.5) is 0 Å². The van der Waals surface area contributed by atoms with E-state index < -0.39 is 6.10 Å². The Bertz CT molecular complexity index is 802. The first kappa shape index (κ1) is 16.6. The molecule has 1 aromatic carbocycles. The second kappa shape index (κ2) is 6.14. The number of aliphatic hydroxyl groups is 1. The number of rotatable bonds is 4. The van der Waals surface area contributed by atoms with Crippen LogP contribution in [0.15, 0.2) is 43.1 Å². The minimum Gasteiger partial charge on any atom is -0.497 e. The molecule has 1 aromatic heterocycles. The van der Waals surface area contributed by atoms with Crippen LogP contribution in [0.25, 0.3) is 10.9 Å². The first-order valence-electron chi connectivity index (χ1n) is 9.30. The molecule has 5 atom stereocenters. The Morgan fingerprint density at radius 2 is 2.20 bits per heavy atom. The molecule has 3 fully saturated rings. The van der Waals surface area contributed by atoms with Gasteiger partial charge >= 0.3 is 0 Å². The maximum Gasteiger partial charge on any atom is 0.119 e. The van der Waals surface area contributed by atoms with Crippen molar-refractivity contribution in [3.8, 4) is 5.75 Å². The van der Waals surface area contributed by atoms with E-state index in [1.54, 1.807) is 7.11 Å². The first-order valence-corrected chi connectivity index (χ1v) is 9.30. The van der Waals surface area contributed by atoms with Crippen LogP contribution in [0, 0.1) is 23.2 Å². The SMILES string of the molecule is C=C[C@H]1C[C@@H]2CC[C@H]1C[C@@]2(C)[C@H](O)c1ccnc2ccc(OC)cc12. The molecule has 2 bridgehead atoms. The van der Waals surface area contributed by atoms with Crippen molar-refractivity contribution in [2.24, 2.45) is 23.2 Å². The molecule has 0 amide bonds. The van der Waals surface area contributed by atoms with E-state index in [4.69, 9.17) is 4.74 Å². The molecule has 2 aromatic rings. The van der Waals surface area contributed by atoms with Gasteiger partial charge in [0.05, 0.1) is 18.7 Å². The smallest absolute Gasteiger partial charge is 0.119 e. The number of ether oxygens (including phenoxy) is 1.